The van der Waals surface area contributed by atoms with Crippen molar-refractivity contribution in [1.82, 2.24) is 9.88 Å². The minimum absolute atomic E-state index is 0.183. The van der Waals surface area contributed by atoms with Crippen LogP contribution in [0.5, 0.6) is 0 Å². The minimum atomic E-state index is 0.183. The molecule has 150 valence electrons. The number of fused-ring (bicyclic) bond motifs is 1. The zero-order chi connectivity index (χ0) is 20.3. The normalized spacial score (nSPS) is 14.9. The Hall–Kier alpha value is -3.02. The van der Waals surface area contributed by atoms with Crippen LogP contribution in [0.15, 0.2) is 78.9 Å². The van der Waals surface area contributed by atoms with E-state index in [1.165, 1.54) is 10.3 Å². The van der Waals surface area contributed by atoms with Crippen molar-refractivity contribution >= 4 is 32.5 Å². The van der Waals surface area contributed by atoms with E-state index in [-0.39, 0.29) is 5.78 Å². The molecule has 2 heterocycles. The van der Waals surface area contributed by atoms with Gasteiger partial charge in [-0.2, -0.15) is 0 Å². The third kappa shape index (κ3) is 3.99. The average Bonchev–Trinajstić information content (AvgIpc) is 3.25. The first-order valence-electron chi connectivity index (χ1n) is 10.3. The highest BCUT2D eigenvalue weighted by Crippen LogP contribution is 2.29. The van der Waals surface area contributed by atoms with Gasteiger partial charge in [0.25, 0.3) is 0 Å². The number of piperazine rings is 1. The number of aromatic nitrogens is 1. The first kappa shape index (κ1) is 19.0. The monoisotopic (exact) mass is 413 g/mol. The predicted octanol–water partition coefficient (Wildman–Crippen LogP) is 4.97. The summed E-state index contributed by atoms with van der Waals surface area (Å²) in [5, 5.41) is 1.08. The molecule has 0 bridgehead atoms. The molecule has 0 unspecified atom stereocenters. The number of thiazole rings is 1. The summed E-state index contributed by atoms with van der Waals surface area (Å²) in [6, 6.07) is 26.5. The molecule has 0 N–H and O–H groups in total. The second kappa shape index (κ2) is 8.38. The van der Waals surface area contributed by atoms with Crippen LogP contribution in [-0.4, -0.2) is 48.4 Å². The van der Waals surface area contributed by atoms with Gasteiger partial charge in [0.1, 0.15) is 0 Å². The molecule has 4 nitrogen and oxygen atoms in total. The van der Waals surface area contributed by atoms with Gasteiger partial charge in [0.15, 0.2) is 10.9 Å². The number of hydrogen-bond donors (Lipinski definition) is 0. The number of benzene rings is 3. The van der Waals surface area contributed by atoms with E-state index in [0.29, 0.717) is 6.54 Å². The lowest BCUT2D eigenvalue weighted by molar-refractivity contribution is 0.0926. The van der Waals surface area contributed by atoms with Gasteiger partial charge in [0.2, 0.25) is 0 Å². The van der Waals surface area contributed by atoms with Crippen LogP contribution < -0.4 is 4.90 Å². The van der Waals surface area contributed by atoms with E-state index in [0.717, 1.165) is 48.0 Å². The number of Topliss-reactive ketones (excluding diaryl/α,β-unsaturated/α-hetero) is 1. The third-order valence-corrected chi connectivity index (χ3v) is 6.70. The van der Waals surface area contributed by atoms with Crippen LogP contribution in [0.2, 0.25) is 0 Å². The summed E-state index contributed by atoms with van der Waals surface area (Å²) in [5.41, 5.74) is 4.15. The summed E-state index contributed by atoms with van der Waals surface area (Å²) in [7, 11) is 0. The Morgan fingerprint density at radius 1 is 0.800 bits per heavy atom. The number of ketones is 1. The van der Waals surface area contributed by atoms with Gasteiger partial charge in [-0.15, -0.1) is 0 Å². The molecule has 5 rings (SSSR count). The largest absolute Gasteiger partial charge is 0.345 e. The zero-order valence-electron chi connectivity index (χ0n) is 16.7. The summed E-state index contributed by atoms with van der Waals surface area (Å²) in [6.45, 7) is 4.03. The van der Waals surface area contributed by atoms with Crippen molar-refractivity contribution in [3.8, 4) is 11.1 Å². The first-order valence-corrected chi connectivity index (χ1v) is 11.1. The molecule has 0 saturated carbocycles. The molecule has 5 heteroatoms. The van der Waals surface area contributed by atoms with E-state index in [9.17, 15) is 4.79 Å². The Bertz CT molecular complexity index is 1110. The summed E-state index contributed by atoms with van der Waals surface area (Å²) in [4.78, 5) is 22.1. The lowest BCUT2D eigenvalue weighted by Crippen LogP contribution is -2.48. The SMILES string of the molecule is O=C(CN1CCN(c2nc3ccccc3s2)CC1)c1ccc(-c2ccccc2)cc1. The number of anilines is 1. The predicted molar refractivity (Wildman–Crippen MR) is 124 cm³/mol. The Labute approximate surface area is 180 Å². The molecule has 1 aromatic heterocycles. The Morgan fingerprint density at radius 2 is 1.47 bits per heavy atom. The van der Waals surface area contributed by atoms with Crippen LogP contribution in [0.1, 0.15) is 10.4 Å². The highest BCUT2D eigenvalue weighted by molar-refractivity contribution is 7.22. The number of para-hydroxylation sites is 1. The summed E-state index contributed by atoms with van der Waals surface area (Å²) in [5.74, 6) is 0.183. The molecular weight excluding hydrogens is 390 g/mol. The molecule has 0 radical (unpaired) electrons. The van der Waals surface area contributed by atoms with E-state index in [1.54, 1.807) is 11.3 Å². The van der Waals surface area contributed by atoms with E-state index in [2.05, 4.69) is 40.1 Å². The van der Waals surface area contributed by atoms with Crippen molar-refractivity contribution < 1.29 is 4.79 Å². The number of rotatable bonds is 5. The fourth-order valence-corrected chi connectivity index (χ4v) is 4.88. The molecule has 0 atom stereocenters. The van der Waals surface area contributed by atoms with Crippen LogP contribution in [0, 0.1) is 0 Å². The van der Waals surface area contributed by atoms with Crippen molar-refractivity contribution in [3.05, 3.63) is 84.4 Å². The smallest absolute Gasteiger partial charge is 0.186 e. The van der Waals surface area contributed by atoms with Crippen molar-refractivity contribution in [1.29, 1.82) is 0 Å². The Morgan fingerprint density at radius 3 is 2.20 bits per heavy atom. The molecular formula is C25H23N3OS. The van der Waals surface area contributed by atoms with Gasteiger partial charge < -0.3 is 4.90 Å². The summed E-state index contributed by atoms with van der Waals surface area (Å²) >= 11 is 1.74. The maximum atomic E-state index is 12.8. The second-order valence-corrected chi connectivity index (χ2v) is 8.60. The number of carbonyl (C=O) groups is 1. The standard InChI is InChI=1S/C25H23N3OS/c29-23(21-12-10-20(11-13-21)19-6-2-1-3-7-19)18-27-14-16-28(17-15-27)25-26-22-8-4-5-9-24(22)30-25/h1-13H,14-18H2. The van der Waals surface area contributed by atoms with Crippen LogP contribution in [0.4, 0.5) is 5.13 Å². The molecule has 0 aliphatic carbocycles. The first-order chi connectivity index (χ1) is 14.8. The van der Waals surface area contributed by atoms with Crippen molar-refractivity contribution in [2.45, 2.75) is 0 Å². The lowest BCUT2D eigenvalue weighted by atomic mass is 10.0. The zero-order valence-corrected chi connectivity index (χ0v) is 17.5. The molecule has 0 amide bonds. The van der Waals surface area contributed by atoms with Gasteiger partial charge in [0, 0.05) is 31.7 Å². The molecule has 1 aliphatic heterocycles. The maximum Gasteiger partial charge on any atom is 0.186 e. The second-order valence-electron chi connectivity index (χ2n) is 7.59. The highest BCUT2D eigenvalue weighted by Gasteiger charge is 2.21. The molecule has 1 fully saturated rings. The number of carbonyl (C=O) groups excluding carboxylic acids is 1. The molecule has 1 saturated heterocycles. The van der Waals surface area contributed by atoms with E-state index < -0.39 is 0 Å². The fourth-order valence-electron chi connectivity index (χ4n) is 3.87. The van der Waals surface area contributed by atoms with Crippen LogP contribution in [0.3, 0.4) is 0 Å². The summed E-state index contributed by atoms with van der Waals surface area (Å²) < 4.78 is 1.23. The van der Waals surface area contributed by atoms with Crippen molar-refractivity contribution in [3.63, 3.8) is 0 Å². The Kier molecular flexibility index (Phi) is 5.30. The van der Waals surface area contributed by atoms with E-state index in [4.69, 9.17) is 4.98 Å². The lowest BCUT2D eigenvalue weighted by Gasteiger charge is -2.34. The third-order valence-electron chi connectivity index (χ3n) is 5.61. The topological polar surface area (TPSA) is 36.4 Å². The van der Waals surface area contributed by atoms with Gasteiger partial charge in [0.05, 0.1) is 16.8 Å². The minimum Gasteiger partial charge on any atom is -0.345 e. The number of hydrogen-bond acceptors (Lipinski definition) is 5. The molecule has 4 aromatic rings. The van der Waals surface area contributed by atoms with Gasteiger partial charge in [-0.1, -0.05) is 78.1 Å². The molecule has 1 aliphatic rings. The molecule has 0 spiro atoms. The van der Waals surface area contributed by atoms with Crippen molar-refractivity contribution in [2.75, 3.05) is 37.6 Å². The highest BCUT2D eigenvalue weighted by atomic mass is 32.1. The fraction of sp³-hybridized carbons (Fsp3) is 0.200. The van der Waals surface area contributed by atoms with Crippen LogP contribution in [-0.2, 0) is 0 Å². The van der Waals surface area contributed by atoms with Gasteiger partial charge in [-0.3, -0.25) is 9.69 Å². The van der Waals surface area contributed by atoms with Gasteiger partial charge in [-0.25, -0.2) is 4.98 Å². The number of nitrogens with zero attached hydrogens (tertiary/aromatic N) is 3. The van der Waals surface area contributed by atoms with Crippen molar-refractivity contribution in [2.24, 2.45) is 0 Å². The Balaban J connectivity index is 1.18. The average molecular weight is 414 g/mol. The van der Waals surface area contributed by atoms with Crippen LogP contribution in [0.25, 0.3) is 21.3 Å². The van der Waals surface area contributed by atoms with E-state index in [1.807, 2.05) is 48.5 Å². The summed E-state index contributed by atoms with van der Waals surface area (Å²) in [6.07, 6.45) is 0. The van der Waals surface area contributed by atoms with Crippen LogP contribution >= 0.6 is 11.3 Å². The molecule has 3 aromatic carbocycles. The molecule has 30 heavy (non-hydrogen) atoms. The quantitative estimate of drug-likeness (QED) is 0.433. The van der Waals surface area contributed by atoms with Gasteiger partial charge >= 0.3 is 0 Å². The van der Waals surface area contributed by atoms with Gasteiger partial charge in [-0.05, 0) is 23.3 Å². The maximum absolute atomic E-state index is 12.8. The van der Waals surface area contributed by atoms with E-state index >= 15 is 0 Å².